The SMILES string of the molecule is Cc1nccc(NC(C(=O)N2CCC(c3ccc(Cl)cc3)C(C)(C)C2)C(C)C)n1. The summed E-state index contributed by atoms with van der Waals surface area (Å²) in [4.78, 5) is 24.0. The lowest BCUT2D eigenvalue weighted by Gasteiger charge is -2.45. The Hall–Kier alpha value is -2.14. The number of aryl methyl sites for hydroxylation is 1. The molecule has 1 aromatic heterocycles. The standard InChI is InChI=1S/C23H31ClN4O/c1-15(2)21(27-20-10-12-25-16(3)26-20)22(29)28-13-11-19(23(4,5)14-28)17-6-8-18(24)9-7-17/h6-10,12,15,19,21H,11,13-14H2,1-5H3,(H,25,26,27). The molecule has 2 aromatic rings. The fourth-order valence-electron chi connectivity index (χ4n) is 4.26. The Balaban J connectivity index is 1.74. The molecule has 3 rings (SSSR count). The van der Waals surface area contributed by atoms with E-state index < -0.39 is 0 Å². The summed E-state index contributed by atoms with van der Waals surface area (Å²) in [5, 5.41) is 4.09. The van der Waals surface area contributed by atoms with Crippen molar-refractivity contribution in [2.45, 2.75) is 53.0 Å². The summed E-state index contributed by atoms with van der Waals surface area (Å²) in [6.07, 6.45) is 2.66. The number of piperidine rings is 1. The molecule has 6 heteroatoms. The van der Waals surface area contributed by atoms with E-state index >= 15 is 0 Å². The Morgan fingerprint density at radius 1 is 1.24 bits per heavy atom. The van der Waals surface area contributed by atoms with Gasteiger partial charge < -0.3 is 10.2 Å². The number of likely N-dealkylation sites (tertiary alicyclic amines) is 1. The first-order valence-electron chi connectivity index (χ1n) is 10.3. The summed E-state index contributed by atoms with van der Waals surface area (Å²) < 4.78 is 0. The van der Waals surface area contributed by atoms with Gasteiger partial charge in [0.25, 0.3) is 0 Å². The number of rotatable bonds is 5. The molecule has 1 fully saturated rings. The van der Waals surface area contributed by atoms with Crippen LogP contribution >= 0.6 is 11.6 Å². The number of nitrogens with one attached hydrogen (secondary N) is 1. The third kappa shape index (κ3) is 5.08. The molecule has 2 atom stereocenters. The van der Waals surface area contributed by atoms with Crippen LogP contribution in [0.25, 0.3) is 0 Å². The van der Waals surface area contributed by atoms with Crippen LogP contribution < -0.4 is 5.32 Å². The molecule has 1 aromatic carbocycles. The average molecular weight is 415 g/mol. The van der Waals surface area contributed by atoms with Crippen molar-refractivity contribution in [1.29, 1.82) is 0 Å². The molecule has 1 amide bonds. The Morgan fingerprint density at radius 3 is 2.52 bits per heavy atom. The maximum absolute atomic E-state index is 13.4. The van der Waals surface area contributed by atoms with Gasteiger partial charge in [-0.05, 0) is 54.4 Å². The van der Waals surface area contributed by atoms with E-state index in [9.17, 15) is 4.79 Å². The molecule has 0 spiro atoms. The summed E-state index contributed by atoms with van der Waals surface area (Å²) in [6, 6.07) is 9.63. The molecule has 1 N–H and O–H groups in total. The summed E-state index contributed by atoms with van der Waals surface area (Å²) in [6.45, 7) is 12.0. The lowest BCUT2D eigenvalue weighted by molar-refractivity contribution is -0.136. The average Bonchev–Trinajstić information content (AvgIpc) is 2.65. The van der Waals surface area contributed by atoms with E-state index in [4.69, 9.17) is 11.6 Å². The van der Waals surface area contributed by atoms with Crippen molar-refractivity contribution in [2.24, 2.45) is 11.3 Å². The fraction of sp³-hybridized carbons (Fsp3) is 0.522. The topological polar surface area (TPSA) is 58.1 Å². The normalized spacial score (nSPS) is 19.8. The summed E-state index contributed by atoms with van der Waals surface area (Å²) in [5.74, 6) is 2.07. The largest absolute Gasteiger partial charge is 0.358 e. The summed E-state index contributed by atoms with van der Waals surface area (Å²) in [5.41, 5.74) is 1.27. The van der Waals surface area contributed by atoms with E-state index in [0.29, 0.717) is 17.6 Å². The van der Waals surface area contributed by atoms with Crippen LogP contribution in [0, 0.1) is 18.3 Å². The lowest BCUT2D eigenvalue weighted by atomic mass is 9.70. The van der Waals surface area contributed by atoms with Gasteiger partial charge in [0.15, 0.2) is 0 Å². The van der Waals surface area contributed by atoms with E-state index in [0.717, 1.165) is 24.5 Å². The Bertz CT molecular complexity index is 850. The van der Waals surface area contributed by atoms with Crippen LogP contribution in [-0.2, 0) is 4.79 Å². The third-order valence-electron chi connectivity index (χ3n) is 5.83. The van der Waals surface area contributed by atoms with Gasteiger partial charge >= 0.3 is 0 Å². The van der Waals surface area contributed by atoms with Gasteiger partial charge in [-0.2, -0.15) is 0 Å². The van der Waals surface area contributed by atoms with Crippen LogP contribution in [-0.4, -0.2) is 39.9 Å². The predicted molar refractivity (Wildman–Crippen MR) is 118 cm³/mol. The number of hydrogen-bond donors (Lipinski definition) is 1. The van der Waals surface area contributed by atoms with Crippen molar-refractivity contribution >= 4 is 23.3 Å². The molecular weight excluding hydrogens is 384 g/mol. The Kier molecular flexibility index (Phi) is 6.47. The zero-order valence-corrected chi connectivity index (χ0v) is 18.7. The molecule has 1 aliphatic rings. The number of hydrogen-bond acceptors (Lipinski definition) is 4. The van der Waals surface area contributed by atoms with Gasteiger partial charge in [-0.25, -0.2) is 9.97 Å². The second kappa shape index (κ2) is 8.70. The van der Waals surface area contributed by atoms with Crippen molar-refractivity contribution in [2.75, 3.05) is 18.4 Å². The van der Waals surface area contributed by atoms with Crippen molar-refractivity contribution in [3.8, 4) is 0 Å². The number of carbonyl (C=O) groups excluding carboxylic acids is 1. The van der Waals surface area contributed by atoms with E-state index in [1.165, 1.54) is 5.56 Å². The molecular formula is C23H31ClN4O. The first-order chi connectivity index (χ1) is 13.7. The van der Waals surface area contributed by atoms with Crippen LogP contribution in [0.1, 0.15) is 51.4 Å². The number of amides is 1. The van der Waals surface area contributed by atoms with E-state index in [1.54, 1.807) is 6.20 Å². The van der Waals surface area contributed by atoms with Gasteiger partial charge in [-0.3, -0.25) is 4.79 Å². The van der Waals surface area contributed by atoms with Crippen LogP contribution in [0.4, 0.5) is 5.82 Å². The first-order valence-corrected chi connectivity index (χ1v) is 10.7. The van der Waals surface area contributed by atoms with E-state index in [1.807, 2.05) is 30.0 Å². The lowest BCUT2D eigenvalue weighted by Crippen LogP contribution is -2.53. The maximum atomic E-state index is 13.4. The number of halogens is 1. The molecule has 1 saturated heterocycles. The number of carbonyl (C=O) groups is 1. The van der Waals surface area contributed by atoms with E-state index in [2.05, 4.69) is 55.1 Å². The quantitative estimate of drug-likeness (QED) is 0.754. The van der Waals surface area contributed by atoms with Crippen molar-refractivity contribution in [3.05, 3.63) is 52.9 Å². The molecule has 5 nitrogen and oxygen atoms in total. The highest BCUT2D eigenvalue weighted by Crippen LogP contribution is 2.42. The number of benzene rings is 1. The molecule has 0 bridgehead atoms. The molecule has 0 radical (unpaired) electrons. The monoisotopic (exact) mass is 414 g/mol. The minimum Gasteiger partial charge on any atom is -0.358 e. The van der Waals surface area contributed by atoms with Gasteiger partial charge in [-0.15, -0.1) is 0 Å². The molecule has 0 aliphatic carbocycles. The van der Waals surface area contributed by atoms with Gasteiger partial charge in [0.2, 0.25) is 5.91 Å². The van der Waals surface area contributed by atoms with Gasteiger partial charge in [0, 0.05) is 24.3 Å². The zero-order valence-electron chi connectivity index (χ0n) is 17.9. The van der Waals surface area contributed by atoms with Crippen LogP contribution in [0.2, 0.25) is 5.02 Å². The van der Waals surface area contributed by atoms with Crippen molar-refractivity contribution < 1.29 is 4.79 Å². The summed E-state index contributed by atoms with van der Waals surface area (Å²) >= 11 is 6.06. The third-order valence-corrected chi connectivity index (χ3v) is 6.08. The highest BCUT2D eigenvalue weighted by molar-refractivity contribution is 6.30. The highest BCUT2D eigenvalue weighted by atomic mass is 35.5. The smallest absolute Gasteiger partial charge is 0.245 e. The maximum Gasteiger partial charge on any atom is 0.245 e. The van der Waals surface area contributed by atoms with Crippen molar-refractivity contribution in [3.63, 3.8) is 0 Å². The van der Waals surface area contributed by atoms with Crippen LogP contribution in [0.15, 0.2) is 36.5 Å². The fourth-order valence-corrected chi connectivity index (χ4v) is 4.39. The number of anilines is 1. The van der Waals surface area contributed by atoms with Gasteiger partial charge in [0.05, 0.1) is 0 Å². The molecule has 2 unspecified atom stereocenters. The minimum atomic E-state index is -0.313. The molecule has 156 valence electrons. The van der Waals surface area contributed by atoms with Crippen LogP contribution in [0.3, 0.4) is 0 Å². The first kappa shape index (κ1) is 21.6. The molecule has 29 heavy (non-hydrogen) atoms. The number of nitrogens with zero attached hydrogens (tertiary/aromatic N) is 3. The van der Waals surface area contributed by atoms with Gasteiger partial charge in [0.1, 0.15) is 17.7 Å². The minimum absolute atomic E-state index is 0.0191. The summed E-state index contributed by atoms with van der Waals surface area (Å²) in [7, 11) is 0. The Morgan fingerprint density at radius 2 is 1.93 bits per heavy atom. The molecule has 2 heterocycles. The molecule has 1 aliphatic heterocycles. The van der Waals surface area contributed by atoms with Gasteiger partial charge in [-0.1, -0.05) is 51.4 Å². The predicted octanol–water partition coefficient (Wildman–Crippen LogP) is 4.92. The van der Waals surface area contributed by atoms with Crippen molar-refractivity contribution in [1.82, 2.24) is 14.9 Å². The second-order valence-electron chi connectivity index (χ2n) is 9.00. The Labute approximate surface area is 178 Å². The molecule has 0 saturated carbocycles. The van der Waals surface area contributed by atoms with Crippen LogP contribution in [0.5, 0.6) is 0 Å². The number of aromatic nitrogens is 2. The highest BCUT2D eigenvalue weighted by Gasteiger charge is 2.40. The second-order valence-corrected chi connectivity index (χ2v) is 9.43. The zero-order chi connectivity index (χ0) is 21.2. The van der Waals surface area contributed by atoms with E-state index in [-0.39, 0.29) is 23.3 Å².